The van der Waals surface area contributed by atoms with Gasteiger partial charge in [-0.05, 0) is 0 Å². The minimum absolute atomic E-state index is 1.17. The van der Waals surface area contributed by atoms with Gasteiger partial charge in [0.15, 0.2) is 19.8 Å². The fraction of sp³-hybridized carbons (Fsp3) is 0.800. The van der Waals surface area contributed by atoms with Gasteiger partial charge >= 0.3 is 80.2 Å². The summed E-state index contributed by atoms with van der Waals surface area (Å²) in [5.74, 6) is 0. The Bertz CT molecular complexity index is 1410. The largest absolute Gasteiger partial charge is 0.460 e. The van der Waals surface area contributed by atoms with Gasteiger partial charge in [0.05, 0.1) is 0 Å². The fourth-order valence-electron chi connectivity index (χ4n) is 1.92. The van der Waals surface area contributed by atoms with Crippen LogP contribution in [0.2, 0.25) is 0 Å². The molecular formula is C10H6F20N5O5P5. The molecule has 0 saturated carbocycles. The van der Waals surface area contributed by atoms with E-state index in [1.54, 1.807) is 0 Å². The van der Waals surface area contributed by atoms with E-state index in [4.69, 9.17) is 0 Å². The molecule has 0 radical (unpaired) electrons. The molecule has 266 valence electrons. The number of nitrogens with zero attached hydrogens (tertiary/aromatic N) is 5. The minimum atomic E-state index is -8.32. The van der Waals surface area contributed by atoms with Crippen LogP contribution in [0, 0.1) is 0 Å². The summed E-state index contributed by atoms with van der Waals surface area (Å²) in [6.07, 6.45) is -31.9. The van der Waals surface area contributed by atoms with E-state index in [1.807, 2.05) is 0 Å². The Morgan fingerprint density at radius 3 is 0.933 bits per heavy atom. The number of halogens is 20. The molecule has 5 atom stereocenters. The zero-order valence-electron chi connectivity index (χ0n) is 19.7. The zero-order valence-corrected chi connectivity index (χ0v) is 24.2. The maximum atomic E-state index is 15.4. The van der Waals surface area contributed by atoms with Crippen LogP contribution >= 0.6 is 38.3 Å². The Labute approximate surface area is 233 Å². The SMILES string of the molecule is O=C(C(F)(F)F)P1(F)=NP(F)(OCC(F)(F)F)=NP(F)(OCC(F)(F)F)=NP(F)(OCC(F)(F)F)=NP(F)(C(=O)C(F)(F)F)=N1. The van der Waals surface area contributed by atoms with Crippen molar-refractivity contribution in [3.05, 3.63) is 0 Å². The van der Waals surface area contributed by atoms with Gasteiger partial charge in [0.25, 0.3) is 0 Å². The van der Waals surface area contributed by atoms with Crippen LogP contribution in [0.4, 0.5) is 86.8 Å². The van der Waals surface area contributed by atoms with E-state index in [0.29, 0.717) is 0 Å². The molecule has 0 aromatic carbocycles. The van der Waals surface area contributed by atoms with E-state index < -0.39 is 100 Å². The molecule has 0 N–H and O–H groups in total. The van der Waals surface area contributed by atoms with Gasteiger partial charge in [-0.3, -0.25) is 23.2 Å². The van der Waals surface area contributed by atoms with Gasteiger partial charge in [-0.15, -0.1) is 9.03 Å². The van der Waals surface area contributed by atoms with Crippen LogP contribution in [0.1, 0.15) is 0 Å². The first-order chi connectivity index (χ1) is 19.5. The molecule has 45 heavy (non-hydrogen) atoms. The lowest BCUT2D eigenvalue weighted by molar-refractivity contribution is -0.162. The summed E-state index contributed by atoms with van der Waals surface area (Å²) in [7, 11) is -39.9. The average Bonchev–Trinajstić information content (AvgIpc) is 2.76. The molecule has 35 heteroatoms. The molecule has 1 aliphatic heterocycles. The molecule has 0 fully saturated rings. The molecule has 1 heterocycles. The van der Waals surface area contributed by atoms with Gasteiger partial charge in [-0.25, -0.2) is 0 Å². The number of carbonyl (C=O) groups is 2. The lowest BCUT2D eigenvalue weighted by atomic mass is 10.7. The van der Waals surface area contributed by atoms with Crippen molar-refractivity contribution in [2.45, 2.75) is 30.9 Å². The normalized spacial score (nSPS) is 32.3. The second-order valence-corrected chi connectivity index (χ2v) is 17.3. The van der Waals surface area contributed by atoms with Crippen molar-refractivity contribution >= 4 is 49.3 Å². The summed E-state index contributed by atoms with van der Waals surface area (Å²) in [5, 5.41) is 0. The predicted octanol–water partition coefficient (Wildman–Crippen LogP) is 11.7. The molecule has 0 bridgehead atoms. The summed E-state index contributed by atoms with van der Waals surface area (Å²) in [5.41, 5.74) is -9.05. The molecule has 0 aromatic heterocycles. The molecule has 1 rings (SSSR count). The lowest BCUT2D eigenvalue weighted by Crippen LogP contribution is -2.23. The zero-order chi connectivity index (χ0) is 35.9. The van der Waals surface area contributed by atoms with Crippen molar-refractivity contribution in [3.63, 3.8) is 0 Å². The van der Waals surface area contributed by atoms with Gasteiger partial charge in [0, 0.05) is 0 Å². The number of alkyl halides is 15. The smallest absolute Gasteiger partial charge is 0.294 e. The second-order valence-electron chi connectivity index (χ2n) is 7.19. The number of hydrogen-bond acceptors (Lipinski definition) is 10. The van der Waals surface area contributed by atoms with Crippen LogP contribution < -0.4 is 0 Å². The Morgan fingerprint density at radius 2 is 0.667 bits per heavy atom. The van der Waals surface area contributed by atoms with E-state index in [2.05, 4.69) is 13.6 Å². The highest BCUT2D eigenvalue weighted by Gasteiger charge is 2.58. The average molecular weight is 811 g/mol. The fourth-order valence-corrected chi connectivity index (χ4v) is 14.1. The molecule has 0 amide bonds. The third-order valence-corrected chi connectivity index (χ3v) is 15.3. The van der Waals surface area contributed by atoms with Crippen molar-refractivity contribution in [2.24, 2.45) is 22.6 Å². The summed E-state index contributed by atoms with van der Waals surface area (Å²) >= 11 is 0. The summed E-state index contributed by atoms with van der Waals surface area (Å²) in [6.45, 7) is -10.1. The van der Waals surface area contributed by atoms with Crippen molar-refractivity contribution in [1.29, 1.82) is 0 Å². The van der Waals surface area contributed by atoms with Crippen molar-refractivity contribution in [3.8, 4) is 0 Å². The first kappa shape index (κ1) is 42.0. The van der Waals surface area contributed by atoms with Crippen LogP contribution in [0.3, 0.4) is 0 Å². The van der Waals surface area contributed by atoms with Crippen molar-refractivity contribution in [2.75, 3.05) is 19.8 Å². The molecule has 1 aliphatic rings. The summed E-state index contributed by atoms with van der Waals surface area (Å²) < 4.78 is 285. The Morgan fingerprint density at radius 1 is 0.422 bits per heavy atom. The van der Waals surface area contributed by atoms with Gasteiger partial charge in [0.2, 0.25) is 0 Å². The maximum absolute atomic E-state index is 15.4. The van der Waals surface area contributed by atoms with Crippen LogP contribution in [-0.2, 0) is 23.2 Å². The number of rotatable bonds is 8. The van der Waals surface area contributed by atoms with Crippen molar-refractivity contribution < 1.29 is 110 Å². The third-order valence-electron chi connectivity index (χ3n) is 3.32. The van der Waals surface area contributed by atoms with Crippen LogP contribution in [0.15, 0.2) is 22.6 Å². The van der Waals surface area contributed by atoms with E-state index in [1.165, 1.54) is 22.6 Å². The predicted molar refractivity (Wildman–Crippen MR) is 110 cm³/mol. The second kappa shape index (κ2) is 13.1. The molecule has 0 saturated heterocycles. The monoisotopic (exact) mass is 811 g/mol. The van der Waals surface area contributed by atoms with Crippen LogP contribution in [-0.4, -0.2) is 61.8 Å². The Kier molecular flexibility index (Phi) is 12.2. The maximum Gasteiger partial charge on any atom is 0.460 e. The minimum Gasteiger partial charge on any atom is -0.294 e. The molecular weight excluding hydrogens is 805 g/mol. The Hall–Kier alpha value is -1.03. The van der Waals surface area contributed by atoms with E-state index in [9.17, 15) is 75.4 Å². The molecule has 10 nitrogen and oxygen atoms in total. The van der Waals surface area contributed by atoms with E-state index >= 15 is 21.0 Å². The van der Waals surface area contributed by atoms with Gasteiger partial charge in [-0.2, -0.15) is 100 Å². The van der Waals surface area contributed by atoms with Gasteiger partial charge in [0.1, 0.15) is 0 Å². The van der Waals surface area contributed by atoms with E-state index in [0.717, 1.165) is 0 Å². The quantitative estimate of drug-likeness (QED) is 0.178. The first-order valence-corrected chi connectivity index (χ1v) is 17.2. The molecule has 0 spiro atoms. The van der Waals surface area contributed by atoms with Crippen LogP contribution in [0.5, 0.6) is 0 Å². The molecule has 0 aliphatic carbocycles. The van der Waals surface area contributed by atoms with Crippen LogP contribution in [0.25, 0.3) is 0 Å². The first-order valence-electron chi connectivity index (χ1n) is 9.51. The lowest BCUT2D eigenvalue weighted by Gasteiger charge is -2.24. The van der Waals surface area contributed by atoms with Gasteiger partial charge < -0.3 is 0 Å². The Balaban J connectivity index is 4.75. The third kappa shape index (κ3) is 13.2. The summed E-state index contributed by atoms with van der Waals surface area (Å²) in [4.78, 5) is 23.3. The van der Waals surface area contributed by atoms with Crippen molar-refractivity contribution in [1.82, 2.24) is 0 Å². The number of carbonyl (C=O) groups excluding carboxylic acids is 2. The summed E-state index contributed by atoms with van der Waals surface area (Å²) in [6, 6.07) is 0. The van der Waals surface area contributed by atoms with Gasteiger partial charge in [-0.1, -0.05) is 0 Å². The number of hydrogen-bond donors (Lipinski definition) is 0. The standard InChI is InChI=1S/C10H6F20N5O5P5/c11-6(12,13)1-38-43(28)32-41(26,4(36)9(20,21)22)31-42(27,5(37)10(23,24)25)33-44(29,39-2-7(14,15)16)35-45(30,34-43)40-3-8(17,18)19/h1-3H2. The molecule has 5 unspecified atom stereocenters. The highest BCUT2D eigenvalue weighted by molar-refractivity contribution is 7.91. The highest BCUT2D eigenvalue weighted by atomic mass is 31.3. The van der Waals surface area contributed by atoms with E-state index in [-0.39, 0.29) is 0 Å². The topological polar surface area (TPSA) is 124 Å². The highest BCUT2D eigenvalue weighted by Crippen LogP contribution is 2.83. The molecule has 0 aromatic rings.